The Labute approximate surface area is 91.6 Å². The summed E-state index contributed by atoms with van der Waals surface area (Å²) in [6.07, 6.45) is 4.70. The van der Waals surface area contributed by atoms with Gasteiger partial charge in [-0.1, -0.05) is 0 Å². The van der Waals surface area contributed by atoms with Gasteiger partial charge in [-0.05, 0) is 58.7 Å². The highest BCUT2D eigenvalue weighted by Crippen LogP contribution is 2.26. The van der Waals surface area contributed by atoms with E-state index in [0.29, 0.717) is 0 Å². The molecule has 1 aliphatic rings. The molecule has 0 bridgehead atoms. The molecule has 0 unspecified atom stereocenters. The Hall–Kier alpha value is -0.770. The standard InChI is InChI=1S/C11H22N2O2/c1-13(2)8-7-9-3-5-10(6-4-9)12-11(14)15/h9-10,12H,3-8H2,1-2H3,(H,14,15)/t9-,10-. The molecule has 0 spiro atoms. The molecule has 1 saturated carbocycles. The molecule has 0 heterocycles. The minimum atomic E-state index is -0.883. The van der Waals surface area contributed by atoms with Gasteiger partial charge in [0.2, 0.25) is 0 Å². The molecule has 0 aromatic carbocycles. The third-order valence-corrected chi connectivity index (χ3v) is 3.16. The molecule has 4 heteroatoms. The number of amides is 1. The number of carboxylic acid groups (broad SMARTS) is 1. The van der Waals surface area contributed by atoms with Crippen LogP contribution in [-0.4, -0.2) is 42.8 Å². The number of hydrogen-bond donors (Lipinski definition) is 2. The first-order chi connectivity index (χ1) is 7.08. The van der Waals surface area contributed by atoms with E-state index in [2.05, 4.69) is 24.3 Å². The second kappa shape index (κ2) is 5.95. The first-order valence-corrected chi connectivity index (χ1v) is 5.72. The predicted molar refractivity (Wildman–Crippen MR) is 60.1 cm³/mol. The molecular formula is C11H22N2O2. The Morgan fingerprint density at radius 2 is 1.93 bits per heavy atom. The van der Waals surface area contributed by atoms with Crippen LogP contribution in [0, 0.1) is 5.92 Å². The van der Waals surface area contributed by atoms with Gasteiger partial charge in [0.15, 0.2) is 0 Å². The lowest BCUT2D eigenvalue weighted by Crippen LogP contribution is -2.36. The van der Waals surface area contributed by atoms with Gasteiger partial charge in [-0.15, -0.1) is 0 Å². The van der Waals surface area contributed by atoms with Crippen LogP contribution in [0.1, 0.15) is 32.1 Å². The number of carbonyl (C=O) groups is 1. The third kappa shape index (κ3) is 5.02. The second-order valence-corrected chi connectivity index (χ2v) is 4.76. The van der Waals surface area contributed by atoms with Crippen molar-refractivity contribution in [3.05, 3.63) is 0 Å². The molecule has 1 rings (SSSR count). The van der Waals surface area contributed by atoms with Gasteiger partial charge in [0.25, 0.3) is 0 Å². The Bertz CT molecular complexity index is 199. The van der Waals surface area contributed by atoms with Crippen molar-refractivity contribution in [3.8, 4) is 0 Å². The first-order valence-electron chi connectivity index (χ1n) is 5.72. The molecular weight excluding hydrogens is 192 g/mol. The van der Waals surface area contributed by atoms with E-state index in [1.54, 1.807) is 0 Å². The molecule has 88 valence electrons. The molecule has 0 saturated heterocycles. The largest absolute Gasteiger partial charge is 0.465 e. The summed E-state index contributed by atoms with van der Waals surface area (Å²) >= 11 is 0. The monoisotopic (exact) mass is 214 g/mol. The quantitative estimate of drug-likeness (QED) is 0.750. The average molecular weight is 214 g/mol. The summed E-state index contributed by atoms with van der Waals surface area (Å²) in [4.78, 5) is 12.7. The van der Waals surface area contributed by atoms with Crippen LogP contribution < -0.4 is 5.32 Å². The topological polar surface area (TPSA) is 52.6 Å². The Morgan fingerprint density at radius 1 is 1.33 bits per heavy atom. The van der Waals surface area contributed by atoms with E-state index in [9.17, 15) is 4.79 Å². The molecule has 0 radical (unpaired) electrons. The number of nitrogens with one attached hydrogen (secondary N) is 1. The summed E-state index contributed by atoms with van der Waals surface area (Å²) in [6.45, 7) is 1.14. The molecule has 4 nitrogen and oxygen atoms in total. The maximum Gasteiger partial charge on any atom is 0.404 e. The van der Waals surface area contributed by atoms with E-state index in [1.165, 1.54) is 19.3 Å². The Balaban J connectivity index is 2.15. The normalized spacial score (nSPS) is 26.6. The lowest BCUT2D eigenvalue weighted by Gasteiger charge is -2.28. The SMILES string of the molecule is CN(C)CC[C@H]1CC[C@H](NC(=O)O)CC1. The molecule has 0 atom stereocenters. The summed E-state index contributed by atoms with van der Waals surface area (Å²) in [5.41, 5.74) is 0. The number of rotatable bonds is 4. The van der Waals surface area contributed by atoms with Crippen LogP contribution in [0.2, 0.25) is 0 Å². The van der Waals surface area contributed by atoms with Gasteiger partial charge in [0.1, 0.15) is 0 Å². The fourth-order valence-corrected chi connectivity index (χ4v) is 2.21. The van der Waals surface area contributed by atoms with Gasteiger partial charge in [-0.2, -0.15) is 0 Å². The van der Waals surface area contributed by atoms with Gasteiger partial charge >= 0.3 is 6.09 Å². The maximum absolute atomic E-state index is 10.4. The summed E-state index contributed by atoms with van der Waals surface area (Å²) in [6, 6.07) is 0.193. The van der Waals surface area contributed by atoms with Crippen molar-refractivity contribution < 1.29 is 9.90 Å². The van der Waals surface area contributed by atoms with Crippen molar-refractivity contribution in [2.45, 2.75) is 38.1 Å². The van der Waals surface area contributed by atoms with Gasteiger partial charge in [-0.3, -0.25) is 0 Å². The highest BCUT2D eigenvalue weighted by molar-refractivity contribution is 5.64. The molecule has 0 aromatic rings. The van der Waals surface area contributed by atoms with Crippen molar-refractivity contribution in [2.24, 2.45) is 5.92 Å². The maximum atomic E-state index is 10.4. The van der Waals surface area contributed by atoms with Crippen LogP contribution in [0.15, 0.2) is 0 Å². The average Bonchev–Trinajstić information content (AvgIpc) is 2.16. The highest BCUT2D eigenvalue weighted by atomic mass is 16.4. The number of hydrogen-bond acceptors (Lipinski definition) is 2. The van der Waals surface area contributed by atoms with Crippen molar-refractivity contribution in [1.82, 2.24) is 10.2 Å². The van der Waals surface area contributed by atoms with Gasteiger partial charge in [0.05, 0.1) is 0 Å². The van der Waals surface area contributed by atoms with Crippen LogP contribution in [0.3, 0.4) is 0 Å². The van der Waals surface area contributed by atoms with Crippen LogP contribution in [0.5, 0.6) is 0 Å². The molecule has 1 fully saturated rings. The Morgan fingerprint density at radius 3 is 2.40 bits per heavy atom. The molecule has 1 amide bonds. The summed E-state index contributed by atoms with van der Waals surface area (Å²) in [5, 5.41) is 11.2. The van der Waals surface area contributed by atoms with Crippen LogP contribution in [-0.2, 0) is 0 Å². The lowest BCUT2D eigenvalue weighted by molar-refractivity contribution is 0.180. The molecule has 0 aromatic heterocycles. The smallest absolute Gasteiger partial charge is 0.404 e. The van der Waals surface area contributed by atoms with Gasteiger partial charge in [-0.25, -0.2) is 4.79 Å². The molecule has 15 heavy (non-hydrogen) atoms. The van der Waals surface area contributed by atoms with Crippen molar-refractivity contribution in [1.29, 1.82) is 0 Å². The van der Waals surface area contributed by atoms with Crippen LogP contribution in [0.25, 0.3) is 0 Å². The fraction of sp³-hybridized carbons (Fsp3) is 0.909. The van der Waals surface area contributed by atoms with Crippen molar-refractivity contribution in [3.63, 3.8) is 0 Å². The van der Waals surface area contributed by atoms with Crippen LogP contribution in [0.4, 0.5) is 4.79 Å². The highest BCUT2D eigenvalue weighted by Gasteiger charge is 2.21. The van der Waals surface area contributed by atoms with E-state index in [4.69, 9.17) is 5.11 Å². The molecule has 2 N–H and O–H groups in total. The summed E-state index contributed by atoms with van der Waals surface area (Å²) in [5.74, 6) is 0.791. The number of nitrogens with zero attached hydrogens (tertiary/aromatic N) is 1. The first kappa shape index (κ1) is 12.3. The van der Waals surface area contributed by atoms with E-state index in [0.717, 1.165) is 25.3 Å². The van der Waals surface area contributed by atoms with Crippen molar-refractivity contribution in [2.75, 3.05) is 20.6 Å². The zero-order valence-corrected chi connectivity index (χ0v) is 9.70. The third-order valence-electron chi connectivity index (χ3n) is 3.16. The summed E-state index contributed by atoms with van der Waals surface area (Å²) in [7, 11) is 4.19. The van der Waals surface area contributed by atoms with Crippen LogP contribution >= 0.6 is 0 Å². The van der Waals surface area contributed by atoms with Gasteiger partial charge in [0, 0.05) is 6.04 Å². The second-order valence-electron chi connectivity index (χ2n) is 4.76. The van der Waals surface area contributed by atoms with E-state index in [-0.39, 0.29) is 6.04 Å². The molecule has 0 aliphatic heterocycles. The minimum Gasteiger partial charge on any atom is -0.465 e. The van der Waals surface area contributed by atoms with E-state index < -0.39 is 6.09 Å². The van der Waals surface area contributed by atoms with E-state index >= 15 is 0 Å². The Kier molecular flexibility index (Phi) is 4.88. The van der Waals surface area contributed by atoms with E-state index in [1.807, 2.05) is 0 Å². The molecule has 1 aliphatic carbocycles. The summed E-state index contributed by atoms with van der Waals surface area (Å²) < 4.78 is 0. The fourth-order valence-electron chi connectivity index (χ4n) is 2.21. The zero-order chi connectivity index (χ0) is 11.3. The lowest BCUT2D eigenvalue weighted by atomic mass is 9.84. The predicted octanol–water partition coefficient (Wildman–Crippen LogP) is 1.76. The minimum absolute atomic E-state index is 0.193. The van der Waals surface area contributed by atoms with Crippen molar-refractivity contribution >= 4 is 6.09 Å². The van der Waals surface area contributed by atoms with Gasteiger partial charge < -0.3 is 15.3 Å². The zero-order valence-electron chi connectivity index (χ0n) is 9.70.